The molecule has 9 heteroatoms. The molecule has 1 saturated heterocycles. The third-order valence-electron chi connectivity index (χ3n) is 6.76. The molecule has 3 aromatic carbocycles. The molecule has 37 heavy (non-hydrogen) atoms. The Morgan fingerprint density at radius 1 is 1.00 bits per heavy atom. The predicted octanol–water partition coefficient (Wildman–Crippen LogP) is 4.44. The van der Waals surface area contributed by atoms with Gasteiger partial charge in [0.2, 0.25) is 12.7 Å². The van der Waals surface area contributed by atoms with E-state index in [0.717, 1.165) is 16.9 Å². The van der Waals surface area contributed by atoms with Crippen LogP contribution in [0.25, 0.3) is 0 Å². The van der Waals surface area contributed by atoms with Crippen molar-refractivity contribution in [1.29, 1.82) is 0 Å². The molecule has 5 rings (SSSR count). The summed E-state index contributed by atoms with van der Waals surface area (Å²) in [6.45, 7) is 1.83. The number of hydrogen-bond acceptors (Lipinski definition) is 5. The average Bonchev–Trinajstić information content (AvgIpc) is 3.50. The van der Waals surface area contributed by atoms with Crippen LogP contribution in [0.3, 0.4) is 0 Å². The Labute approximate surface area is 219 Å². The molecule has 0 bridgehead atoms. The molecule has 0 saturated carbocycles. The standard InChI is InChI=1S/C28H28ClF2N3O3/c29-20-4-1-3-19(11-20)15-34-16-21(33-14-22-23(30)5-2-6-24(22)31)13-25(34)28(35)32-10-9-18-7-8-26-27(12-18)37-17-36-26/h1-8,11-12,21,25,33H,9-10,13-17H2,(H,32,35)/t21-,25-/m0/s1. The number of carbonyl (C=O) groups is 1. The van der Waals surface area contributed by atoms with Crippen molar-refractivity contribution in [1.82, 2.24) is 15.5 Å². The second-order valence-electron chi connectivity index (χ2n) is 9.32. The summed E-state index contributed by atoms with van der Waals surface area (Å²) in [7, 11) is 0. The molecule has 2 heterocycles. The Balaban J connectivity index is 1.22. The number of nitrogens with one attached hydrogen (secondary N) is 2. The van der Waals surface area contributed by atoms with Crippen LogP contribution in [0.5, 0.6) is 11.5 Å². The van der Waals surface area contributed by atoms with Gasteiger partial charge in [0.25, 0.3) is 0 Å². The monoisotopic (exact) mass is 527 g/mol. The zero-order valence-electron chi connectivity index (χ0n) is 20.2. The van der Waals surface area contributed by atoms with Crippen molar-refractivity contribution in [3.05, 3.63) is 94.0 Å². The van der Waals surface area contributed by atoms with Crippen LogP contribution in [0.4, 0.5) is 8.78 Å². The van der Waals surface area contributed by atoms with Crippen molar-refractivity contribution in [2.75, 3.05) is 19.9 Å². The number of rotatable bonds is 9. The fourth-order valence-corrected chi connectivity index (χ4v) is 5.07. The molecule has 2 atom stereocenters. The summed E-state index contributed by atoms with van der Waals surface area (Å²) in [6.07, 6.45) is 1.17. The van der Waals surface area contributed by atoms with Gasteiger partial charge in [0.05, 0.1) is 6.04 Å². The lowest BCUT2D eigenvalue weighted by Crippen LogP contribution is -2.43. The van der Waals surface area contributed by atoms with Crippen LogP contribution in [0, 0.1) is 11.6 Å². The van der Waals surface area contributed by atoms with E-state index in [0.29, 0.717) is 43.2 Å². The highest BCUT2D eigenvalue weighted by atomic mass is 35.5. The number of benzene rings is 3. The minimum Gasteiger partial charge on any atom is -0.454 e. The summed E-state index contributed by atoms with van der Waals surface area (Å²) in [5, 5.41) is 6.93. The van der Waals surface area contributed by atoms with E-state index in [1.165, 1.54) is 18.2 Å². The predicted molar refractivity (Wildman–Crippen MR) is 137 cm³/mol. The summed E-state index contributed by atoms with van der Waals surface area (Å²) in [6, 6.07) is 16.6. The molecular formula is C28H28ClF2N3O3. The van der Waals surface area contributed by atoms with Crippen LogP contribution in [0.2, 0.25) is 5.02 Å². The molecule has 0 radical (unpaired) electrons. The molecule has 0 aromatic heterocycles. The lowest BCUT2D eigenvalue weighted by atomic mass is 10.1. The first-order chi connectivity index (χ1) is 18.0. The Hall–Kier alpha value is -3.20. The van der Waals surface area contributed by atoms with Gasteiger partial charge in [0, 0.05) is 42.8 Å². The van der Waals surface area contributed by atoms with Gasteiger partial charge in [-0.1, -0.05) is 35.9 Å². The van der Waals surface area contributed by atoms with E-state index in [9.17, 15) is 13.6 Å². The zero-order valence-corrected chi connectivity index (χ0v) is 20.9. The minimum absolute atomic E-state index is 0.000480. The van der Waals surface area contributed by atoms with Gasteiger partial charge >= 0.3 is 0 Å². The smallest absolute Gasteiger partial charge is 0.237 e. The molecule has 1 fully saturated rings. The molecule has 2 aliphatic heterocycles. The number of halogens is 3. The Morgan fingerprint density at radius 3 is 2.59 bits per heavy atom. The summed E-state index contributed by atoms with van der Waals surface area (Å²) in [5.41, 5.74) is 2.03. The van der Waals surface area contributed by atoms with Crippen LogP contribution in [0.15, 0.2) is 60.7 Å². The van der Waals surface area contributed by atoms with Crippen molar-refractivity contribution in [2.45, 2.75) is 38.0 Å². The molecule has 2 aliphatic rings. The van der Waals surface area contributed by atoms with Crippen molar-refractivity contribution in [3.63, 3.8) is 0 Å². The maximum absolute atomic E-state index is 14.1. The molecule has 3 aromatic rings. The quantitative estimate of drug-likeness (QED) is 0.431. The van der Waals surface area contributed by atoms with Gasteiger partial charge < -0.3 is 20.1 Å². The highest BCUT2D eigenvalue weighted by Crippen LogP contribution is 2.32. The van der Waals surface area contributed by atoms with Crippen molar-refractivity contribution in [2.24, 2.45) is 0 Å². The van der Waals surface area contributed by atoms with Crippen LogP contribution in [0.1, 0.15) is 23.1 Å². The van der Waals surface area contributed by atoms with Crippen molar-refractivity contribution in [3.8, 4) is 11.5 Å². The second-order valence-corrected chi connectivity index (χ2v) is 9.75. The molecule has 0 unspecified atom stereocenters. The van der Waals surface area contributed by atoms with Gasteiger partial charge in [-0.25, -0.2) is 8.78 Å². The zero-order chi connectivity index (χ0) is 25.8. The first kappa shape index (κ1) is 25.4. The Morgan fingerprint density at radius 2 is 1.78 bits per heavy atom. The van der Waals surface area contributed by atoms with Crippen LogP contribution in [-0.2, 0) is 24.3 Å². The van der Waals surface area contributed by atoms with E-state index in [-0.39, 0.29) is 30.9 Å². The molecule has 1 amide bonds. The lowest BCUT2D eigenvalue weighted by Gasteiger charge is -2.23. The summed E-state index contributed by atoms with van der Waals surface area (Å²) < 4.78 is 39.0. The van der Waals surface area contributed by atoms with E-state index in [4.69, 9.17) is 21.1 Å². The van der Waals surface area contributed by atoms with E-state index >= 15 is 0 Å². The molecule has 6 nitrogen and oxygen atoms in total. The molecule has 0 spiro atoms. The number of nitrogens with zero attached hydrogens (tertiary/aromatic N) is 1. The van der Waals surface area contributed by atoms with Crippen LogP contribution in [-0.4, -0.2) is 42.8 Å². The van der Waals surface area contributed by atoms with E-state index in [1.807, 2.05) is 42.5 Å². The summed E-state index contributed by atoms with van der Waals surface area (Å²) in [4.78, 5) is 15.3. The molecule has 194 valence electrons. The third-order valence-corrected chi connectivity index (χ3v) is 6.99. The van der Waals surface area contributed by atoms with Crippen molar-refractivity contribution >= 4 is 17.5 Å². The lowest BCUT2D eigenvalue weighted by molar-refractivity contribution is -0.125. The third kappa shape index (κ3) is 6.21. The summed E-state index contributed by atoms with van der Waals surface area (Å²) in [5.74, 6) is 0.194. The number of carbonyl (C=O) groups excluding carboxylic acids is 1. The molecular weight excluding hydrogens is 500 g/mol. The van der Waals surface area contributed by atoms with Gasteiger partial charge in [-0.2, -0.15) is 0 Å². The normalized spacial score (nSPS) is 18.8. The maximum atomic E-state index is 14.1. The first-order valence-corrected chi connectivity index (χ1v) is 12.6. The topological polar surface area (TPSA) is 62.8 Å². The molecule has 2 N–H and O–H groups in total. The number of fused-ring (bicyclic) bond motifs is 1. The van der Waals surface area contributed by atoms with Gasteiger partial charge in [-0.3, -0.25) is 9.69 Å². The molecule has 0 aliphatic carbocycles. The average molecular weight is 528 g/mol. The van der Waals surface area contributed by atoms with Gasteiger partial charge in [-0.05, 0) is 60.4 Å². The Bertz CT molecular complexity index is 1250. The highest BCUT2D eigenvalue weighted by molar-refractivity contribution is 6.30. The van der Waals surface area contributed by atoms with Gasteiger partial charge in [0.1, 0.15) is 11.6 Å². The second kappa shape index (κ2) is 11.5. The fraction of sp³-hybridized carbons (Fsp3) is 0.321. The fourth-order valence-electron chi connectivity index (χ4n) is 4.86. The van der Waals surface area contributed by atoms with Gasteiger partial charge in [0.15, 0.2) is 11.5 Å². The Kier molecular flexibility index (Phi) is 7.88. The minimum atomic E-state index is -0.584. The number of hydrogen-bond donors (Lipinski definition) is 2. The van der Waals surface area contributed by atoms with Crippen LogP contribution >= 0.6 is 11.6 Å². The number of amides is 1. The van der Waals surface area contributed by atoms with E-state index < -0.39 is 17.7 Å². The highest BCUT2D eigenvalue weighted by Gasteiger charge is 2.36. The van der Waals surface area contributed by atoms with E-state index in [2.05, 4.69) is 15.5 Å². The maximum Gasteiger partial charge on any atom is 0.237 e. The first-order valence-electron chi connectivity index (χ1n) is 12.3. The van der Waals surface area contributed by atoms with Crippen molar-refractivity contribution < 1.29 is 23.0 Å². The largest absolute Gasteiger partial charge is 0.454 e. The van der Waals surface area contributed by atoms with Gasteiger partial charge in [-0.15, -0.1) is 0 Å². The van der Waals surface area contributed by atoms with E-state index in [1.54, 1.807) is 0 Å². The number of ether oxygens (including phenoxy) is 2. The van der Waals surface area contributed by atoms with Crippen LogP contribution < -0.4 is 20.1 Å². The number of likely N-dealkylation sites (tertiary alicyclic amines) is 1. The SMILES string of the molecule is O=C(NCCc1ccc2c(c1)OCO2)[C@@H]1C[C@H](NCc2c(F)cccc2F)CN1Cc1cccc(Cl)c1. The summed E-state index contributed by atoms with van der Waals surface area (Å²) >= 11 is 6.17.